The lowest BCUT2D eigenvalue weighted by molar-refractivity contribution is 0.358. The molecule has 2 aromatic rings. The lowest BCUT2D eigenvalue weighted by Gasteiger charge is -2.21. The van der Waals surface area contributed by atoms with Crippen molar-refractivity contribution in [2.24, 2.45) is 5.41 Å². The molecule has 0 bridgehead atoms. The number of hydrogen-bond donors (Lipinski definition) is 0. The summed E-state index contributed by atoms with van der Waals surface area (Å²) in [5, 5.41) is -0.192. The number of imidazole rings is 1. The third-order valence-corrected chi connectivity index (χ3v) is 5.23. The summed E-state index contributed by atoms with van der Waals surface area (Å²) in [4.78, 5) is 4.58. The van der Waals surface area contributed by atoms with Gasteiger partial charge in [-0.2, -0.15) is 0 Å². The molecular formula is C16H19BrClFN2. The Labute approximate surface area is 137 Å². The molecule has 3 rings (SSSR count). The smallest absolute Gasteiger partial charge is 0.139 e. The Kier molecular flexibility index (Phi) is 3.81. The van der Waals surface area contributed by atoms with Crippen molar-refractivity contribution in [3.8, 4) is 0 Å². The van der Waals surface area contributed by atoms with Gasteiger partial charge in [-0.25, -0.2) is 9.37 Å². The van der Waals surface area contributed by atoms with Crippen LogP contribution in [0.4, 0.5) is 4.39 Å². The summed E-state index contributed by atoms with van der Waals surface area (Å²) in [5.41, 5.74) is 1.99. The molecule has 1 heterocycles. The molecule has 0 aliphatic heterocycles. The number of halogens is 3. The van der Waals surface area contributed by atoms with Crippen LogP contribution in [0.3, 0.4) is 0 Å². The SMILES string of the molecule is CC(Cl)c1nc2cc(F)c(Br)cc2n1C1CCC(C)(C)C1. The third-order valence-electron chi connectivity index (χ3n) is 4.42. The number of aromatic nitrogens is 2. The Balaban J connectivity index is 2.19. The van der Waals surface area contributed by atoms with E-state index < -0.39 is 0 Å². The van der Waals surface area contributed by atoms with Crippen molar-refractivity contribution in [2.75, 3.05) is 0 Å². The molecule has 2 nitrogen and oxygen atoms in total. The van der Waals surface area contributed by atoms with Crippen LogP contribution in [0, 0.1) is 11.2 Å². The molecule has 0 spiro atoms. The van der Waals surface area contributed by atoms with Crippen LogP contribution in [0.2, 0.25) is 0 Å². The van der Waals surface area contributed by atoms with Gasteiger partial charge in [0.1, 0.15) is 11.6 Å². The molecule has 1 aliphatic rings. The Morgan fingerprint density at radius 2 is 2.19 bits per heavy atom. The van der Waals surface area contributed by atoms with Crippen molar-refractivity contribution in [2.45, 2.75) is 51.5 Å². The fourth-order valence-electron chi connectivity index (χ4n) is 3.39. The van der Waals surface area contributed by atoms with Gasteiger partial charge in [-0.05, 0) is 53.6 Å². The first-order chi connectivity index (χ1) is 9.78. The fourth-order valence-corrected chi connectivity index (χ4v) is 3.88. The van der Waals surface area contributed by atoms with Crippen LogP contribution in [-0.4, -0.2) is 9.55 Å². The van der Waals surface area contributed by atoms with Gasteiger partial charge in [-0.3, -0.25) is 0 Å². The Morgan fingerprint density at radius 1 is 1.48 bits per heavy atom. The van der Waals surface area contributed by atoms with Crippen molar-refractivity contribution < 1.29 is 4.39 Å². The largest absolute Gasteiger partial charge is 0.324 e. The van der Waals surface area contributed by atoms with Gasteiger partial charge in [0.15, 0.2) is 0 Å². The van der Waals surface area contributed by atoms with Gasteiger partial charge < -0.3 is 4.57 Å². The summed E-state index contributed by atoms with van der Waals surface area (Å²) >= 11 is 9.60. The molecular weight excluding hydrogens is 355 g/mol. The van der Waals surface area contributed by atoms with Crippen molar-refractivity contribution in [3.05, 3.63) is 28.2 Å². The molecule has 5 heteroatoms. The predicted octanol–water partition coefficient (Wildman–Crippen LogP) is 5.99. The summed E-state index contributed by atoms with van der Waals surface area (Å²) in [6.45, 7) is 6.52. The highest BCUT2D eigenvalue weighted by atomic mass is 79.9. The molecule has 1 aromatic carbocycles. The number of rotatable bonds is 2. The molecule has 1 saturated carbocycles. The van der Waals surface area contributed by atoms with Gasteiger partial charge in [0, 0.05) is 12.1 Å². The van der Waals surface area contributed by atoms with Crippen LogP contribution in [0.5, 0.6) is 0 Å². The van der Waals surface area contributed by atoms with Gasteiger partial charge in [-0.15, -0.1) is 11.6 Å². The van der Waals surface area contributed by atoms with Gasteiger partial charge in [-0.1, -0.05) is 13.8 Å². The third kappa shape index (κ3) is 2.72. The normalized spacial score (nSPS) is 22.9. The minimum atomic E-state index is -0.285. The van der Waals surface area contributed by atoms with Crippen LogP contribution in [0.25, 0.3) is 11.0 Å². The van der Waals surface area contributed by atoms with E-state index in [0.717, 1.165) is 24.2 Å². The standard InChI is InChI=1S/C16H19BrClFN2/c1-9(18)15-20-13-7-12(19)11(17)6-14(13)21(15)10-4-5-16(2,3)8-10/h6-7,9-10H,4-5,8H2,1-3H3. The maximum atomic E-state index is 13.8. The number of benzene rings is 1. The lowest BCUT2D eigenvalue weighted by atomic mass is 9.92. The van der Waals surface area contributed by atoms with Gasteiger partial charge in [0.25, 0.3) is 0 Å². The van der Waals surface area contributed by atoms with Crippen LogP contribution < -0.4 is 0 Å². The van der Waals surface area contributed by atoms with Gasteiger partial charge >= 0.3 is 0 Å². The van der Waals surface area contributed by atoms with E-state index >= 15 is 0 Å². The highest BCUT2D eigenvalue weighted by molar-refractivity contribution is 9.10. The quantitative estimate of drug-likeness (QED) is 0.591. The number of alkyl halides is 1. The molecule has 21 heavy (non-hydrogen) atoms. The molecule has 0 amide bonds. The summed E-state index contributed by atoms with van der Waals surface area (Å²) in [5.74, 6) is 0.555. The Morgan fingerprint density at radius 3 is 2.76 bits per heavy atom. The molecule has 1 aromatic heterocycles. The van der Waals surface area contributed by atoms with E-state index in [1.54, 1.807) is 0 Å². The van der Waals surface area contributed by atoms with Crippen molar-refractivity contribution in [3.63, 3.8) is 0 Å². The van der Waals surface area contributed by atoms with E-state index in [4.69, 9.17) is 11.6 Å². The molecule has 2 unspecified atom stereocenters. The topological polar surface area (TPSA) is 17.8 Å². The van der Waals surface area contributed by atoms with Crippen molar-refractivity contribution in [1.82, 2.24) is 9.55 Å². The van der Waals surface area contributed by atoms with E-state index in [9.17, 15) is 4.39 Å². The second-order valence-electron chi connectivity index (χ2n) is 6.77. The zero-order valence-electron chi connectivity index (χ0n) is 12.5. The zero-order chi connectivity index (χ0) is 15.4. The number of nitrogens with zero attached hydrogens (tertiary/aromatic N) is 2. The van der Waals surface area contributed by atoms with Crippen LogP contribution in [-0.2, 0) is 0 Å². The minimum absolute atomic E-state index is 0.192. The first kappa shape index (κ1) is 15.3. The summed E-state index contributed by atoms with van der Waals surface area (Å²) < 4.78 is 16.5. The number of hydrogen-bond acceptors (Lipinski definition) is 1. The maximum absolute atomic E-state index is 13.8. The van der Waals surface area contributed by atoms with E-state index in [1.165, 1.54) is 12.5 Å². The van der Waals surface area contributed by atoms with Gasteiger partial charge in [0.05, 0.1) is 20.9 Å². The lowest BCUT2D eigenvalue weighted by Crippen LogP contribution is -2.12. The Bertz CT molecular complexity index is 693. The van der Waals surface area contributed by atoms with E-state index in [1.807, 2.05) is 13.0 Å². The summed E-state index contributed by atoms with van der Waals surface area (Å²) in [7, 11) is 0. The predicted molar refractivity (Wildman–Crippen MR) is 88.3 cm³/mol. The van der Waals surface area contributed by atoms with Crippen molar-refractivity contribution in [1.29, 1.82) is 0 Å². The van der Waals surface area contributed by atoms with E-state index in [2.05, 4.69) is 39.3 Å². The van der Waals surface area contributed by atoms with Crippen LogP contribution >= 0.6 is 27.5 Å². The van der Waals surface area contributed by atoms with Crippen LogP contribution in [0.1, 0.15) is 57.3 Å². The molecule has 0 N–H and O–H groups in total. The maximum Gasteiger partial charge on any atom is 0.139 e. The fraction of sp³-hybridized carbons (Fsp3) is 0.562. The average molecular weight is 374 g/mol. The van der Waals surface area contributed by atoms with Crippen molar-refractivity contribution >= 4 is 38.6 Å². The number of fused-ring (bicyclic) bond motifs is 1. The molecule has 0 saturated heterocycles. The highest BCUT2D eigenvalue weighted by Crippen LogP contribution is 2.46. The zero-order valence-corrected chi connectivity index (χ0v) is 14.8. The second-order valence-corrected chi connectivity index (χ2v) is 8.28. The molecule has 1 aliphatic carbocycles. The summed E-state index contributed by atoms with van der Waals surface area (Å²) in [6.07, 6.45) is 3.41. The summed E-state index contributed by atoms with van der Waals surface area (Å²) in [6, 6.07) is 3.70. The molecule has 0 radical (unpaired) electrons. The molecule has 2 atom stereocenters. The first-order valence-corrected chi connectivity index (χ1v) is 8.52. The monoisotopic (exact) mass is 372 g/mol. The second kappa shape index (κ2) is 5.24. The average Bonchev–Trinajstić information content (AvgIpc) is 2.90. The van der Waals surface area contributed by atoms with E-state index in [-0.39, 0.29) is 11.2 Å². The van der Waals surface area contributed by atoms with Crippen LogP contribution in [0.15, 0.2) is 16.6 Å². The Hall–Kier alpha value is -0.610. The molecule has 114 valence electrons. The molecule has 1 fully saturated rings. The first-order valence-electron chi connectivity index (χ1n) is 7.29. The highest BCUT2D eigenvalue weighted by Gasteiger charge is 2.34. The minimum Gasteiger partial charge on any atom is -0.324 e. The van der Waals surface area contributed by atoms with Gasteiger partial charge in [0.2, 0.25) is 0 Å². The van der Waals surface area contributed by atoms with E-state index in [0.29, 0.717) is 21.4 Å².